The highest BCUT2D eigenvalue weighted by Gasteiger charge is 2.20. The lowest BCUT2D eigenvalue weighted by Crippen LogP contribution is -2.45. The minimum Gasteiger partial charge on any atom is -0.478 e. The Morgan fingerprint density at radius 3 is 3.26 bits per heavy atom. The topological polar surface area (TPSA) is 87.6 Å². The van der Waals surface area contributed by atoms with Crippen molar-refractivity contribution >= 4 is 11.8 Å². The Morgan fingerprint density at radius 2 is 2.53 bits per heavy atom. The van der Waals surface area contributed by atoms with Crippen LogP contribution in [0.2, 0.25) is 0 Å². The molecule has 0 radical (unpaired) electrons. The summed E-state index contributed by atoms with van der Waals surface area (Å²) < 4.78 is 5.63. The number of morpholine rings is 1. The van der Waals surface area contributed by atoms with E-state index >= 15 is 0 Å². The summed E-state index contributed by atoms with van der Waals surface area (Å²) in [4.78, 5) is 13.3. The lowest BCUT2D eigenvalue weighted by Gasteiger charge is -2.32. The Balaban J connectivity index is 1.93. The molecule has 0 saturated carbocycles. The van der Waals surface area contributed by atoms with Crippen molar-refractivity contribution in [1.29, 1.82) is 0 Å². The van der Waals surface area contributed by atoms with E-state index in [2.05, 4.69) is 27.3 Å². The Morgan fingerprint density at radius 1 is 1.68 bits per heavy atom. The number of hydrogen-bond donors (Lipinski definition) is 2. The number of aromatic nitrogens is 2. The summed E-state index contributed by atoms with van der Waals surface area (Å²) in [7, 11) is 0. The van der Waals surface area contributed by atoms with Crippen LogP contribution in [0.1, 0.15) is 17.3 Å². The number of likely N-dealkylation sites (N-methyl/N-ethyl adjacent to an activating group) is 1. The maximum absolute atomic E-state index is 11.0. The molecule has 0 aromatic carbocycles. The lowest BCUT2D eigenvalue weighted by atomic mass is 10.2. The molecule has 1 aliphatic heterocycles. The van der Waals surface area contributed by atoms with Crippen molar-refractivity contribution in [3.8, 4) is 0 Å². The van der Waals surface area contributed by atoms with E-state index in [0.717, 1.165) is 19.6 Å². The number of nitrogens with one attached hydrogen (secondary N) is 1. The van der Waals surface area contributed by atoms with E-state index in [-0.39, 0.29) is 17.5 Å². The van der Waals surface area contributed by atoms with E-state index in [1.807, 2.05) is 0 Å². The minimum absolute atomic E-state index is 0.0392. The van der Waals surface area contributed by atoms with Crippen molar-refractivity contribution in [2.24, 2.45) is 0 Å². The van der Waals surface area contributed by atoms with Gasteiger partial charge in [0.25, 0.3) is 0 Å². The van der Waals surface area contributed by atoms with Gasteiger partial charge >= 0.3 is 5.97 Å². The molecule has 1 aromatic heterocycles. The van der Waals surface area contributed by atoms with Gasteiger partial charge in [-0.05, 0) is 12.6 Å². The molecular weight excluding hydrogens is 248 g/mol. The molecule has 104 valence electrons. The Labute approximate surface area is 111 Å². The highest BCUT2D eigenvalue weighted by atomic mass is 16.5. The number of ether oxygens (including phenoxy) is 1. The Kier molecular flexibility index (Phi) is 4.64. The van der Waals surface area contributed by atoms with Crippen LogP contribution in [0.25, 0.3) is 0 Å². The van der Waals surface area contributed by atoms with Crippen LogP contribution in [-0.4, -0.2) is 65.1 Å². The van der Waals surface area contributed by atoms with Crippen molar-refractivity contribution in [3.05, 3.63) is 17.8 Å². The predicted octanol–water partition coefficient (Wildman–Crippen LogP) is 0.307. The van der Waals surface area contributed by atoms with Gasteiger partial charge in [-0.15, -0.1) is 5.10 Å². The van der Waals surface area contributed by atoms with Crippen LogP contribution in [0.15, 0.2) is 12.3 Å². The number of rotatable bonds is 5. The summed E-state index contributed by atoms with van der Waals surface area (Å²) in [6.45, 7) is 6.11. The summed E-state index contributed by atoms with van der Waals surface area (Å²) in [5.74, 6) is -0.732. The van der Waals surface area contributed by atoms with Gasteiger partial charge in [-0.1, -0.05) is 6.92 Å². The number of carbonyl (C=O) groups is 1. The van der Waals surface area contributed by atoms with Gasteiger partial charge in [0.1, 0.15) is 5.56 Å². The molecule has 0 bridgehead atoms. The standard InChI is InChI=1S/C12H18N4O3/c1-2-16-5-6-19-9(8-16)7-13-11-10(12(17)18)3-4-14-15-11/h3-4,9H,2,5-8H2,1H3,(H,13,15)(H,17,18). The first-order valence-corrected chi connectivity index (χ1v) is 6.33. The van der Waals surface area contributed by atoms with Crippen LogP contribution in [0, 0.1) is 0 Å². The zero-order valence-corrected chi connectivity index (χ0v) is 10.9. The Hall–Kier alpha value is -1.73. The summed E-state index contributed by atoms with van der Waals surface area (Å²) in [5.41, 5.74) is 0.123. The second-order valence-corrected chi connectivity index (χ2v) is 4.37. The fourth-order valence-corrected chi connectivity index (χ4v) is 2.04. The van der Waals surface area contributed by atoms with Crippen molar-refractivity contribution in [3.63, 3.8) is 0 Å². The predicted molar refractivity (Wildman–Crippen MR) is 69.3 cm³/mol. The van der Waals surface area contributed by atoms with Gasteiger partial charge < -0.3 is 15.2 Å². The van der Waals surface area contributed by atoms with Crippen LogP contribution in [0.4, 0.5) is 5.82 Å². The molecule has 19 heavy (non-hydrogen) atoms. The molecule has 0 amide bonds. The van der Waals surface area contributed by atoms with Gasteiger partial charge in [0.05, 0.1) is 18.9 Å². The van der Waals surface area contributed by atoms with Crippen molar-refractivity contribution in [2.45, 2.75) is 13.0 Å². The van der Waals surface area contributed by atoms with E-state index in [1.165, 1.54) is 12.3 Å². The molecule has 1 saturated heterocycles. The van der Waals surface area contributed by atoms with Gasteiger partial charge in [-0.25, -0.2) is 4.79 Å². The van der Waals surface area contributed by atoms with Gasteiger partial charge in [-0.2, -0.15) is 5.10 Å². The number of aromatic carboxylic acids is 1. The van der Waals surface area contributed by atoms with E-state index in [4.69, 9.17) is 9.84 Å². The number of carboxylic acids is 1. The van der Waals surface area contributed by atoms with Crippen LogP contribution in [0.5, 0.6) is 0 Å². The van der Waals surface area contributed by atoms with Crippen LogP contribution in [-0.2, 0) is 4.74 Å². The monoisotopic (exact) mass is 266 g/mol. The average Bonchev–Trinajstić information content (AvgIpc) is 2.45. The van der Waals surface area contributed by atoms with Crippen LogP contribution >= 0.6 is 0 Å². The molecule has 0 spiro atoms. The second kappa shape index (κ2) is 6.44. The van der Waals surface area contributed by atoms with Gasteiger partial charge in [-0.3, -0.25) is 4.90 Å². The molecule has 1 aliphatic rings. The SMILES string of the molecule is CCN1CCOC(CNc2nnccc2C(=O)O)C1. The van der Waals surface area contributed by atoms with E-state index in [1.54, 1.807) is 0 Å². The third-order valence-electron chi connectivity index (χ3n) is 3.12. The zero-order valence-electron chi connectivity index (χ0n) is 10.9. The smallest absolute Gasteiger partial charge is 0.339 e. The van der Waals surface area contributed by atoms with E-state index < -0.39 is 5.97 Å². The number of hydrogen-bond acceptors (Lipinski definition) is 6. The lowest BCUT2D eigenvalue weighted by molar-refractivity contribution is -0.0192. The fraction of sp³-hybridized carbons (Fsp3) is 0.583. The summed E-state index contributed by atoms with van der Waals surface area (Å²) in [5, 5.41) is 19.5. The summed E-state index contributed by atoms with van der Waals surface area (Å²) >= 11 is 0. The summed E-state index contributed by atoms with van der Waals surface area (Å²) in [6.07, 6.45) is 1.40. The molecule has 2 N–H and O–H groups in total. The first kappa shape index (κ1) is 13.7. The number of carboxylic acid groups (broad SMARTS) is 1. The highest BCUT2D eigenvalue weighted by Crippen LogP contribution is 2.11. The molecule has 7 nitrogen and oxygen atoms in total. The fourth-order valence-electron chi connectivity index (χ4n) is 2.04. The first-order valence-electron chi connectivity index (χ1n) is 6.33. The maximum atomic E-state index is 11.0. The molecule has 7 heteroatoms. The zero-order chi connectivity index (χ0) is 13.7. The molecule has 1 unspecified atom stereocenters. The molecule has 2 rings (SSSR count). The average molecular weight is 266 g/mol. The quantitative estimate of drug-likeness (QED) is 0.792. The first-order chi connectivity index (χ1) is 9.20. The van der Waals surface area contributed by atoms with Gasteiger partial charge in [0, 0.05) is 19.6 Å². The van der Waals surface area contributed by atoms with Crippen LogP contribution in [0.3, 0.4) is 0 Å². The van der Waals surface area contributed by atoms with Gasteiger partial charge in [0.2, 0.25) is 0 Å². The van der Waals surface area contributed by atoms with Crippen LogP contribution < -0.4 is 5.32 Å². The largest absolute Gasteiger partial charge is 0.478 e. The third-order valence-corrected chi connectivity index (χ3v) is 3.12. The normalized spacial score (nSPS) is 20.2. The molecule has 1 atom stereocenters. The van der Waals surface area contributed by atoms with E-state index in [0.29, 0.717) is 13.2 Å². The third kappa shape index (κ3) is 3.62. The van der Waals surface area contributed by atoms with Gasteiger partial charge in [0.15, 0.2) is 5.82 Å². The summed E-state index contributed by atoms with van der Waals surface area (Å²) in [6, 6.07) is 1.43. The number of anilines is 1. The maximum Gasteiger partial charge on any atom is 0.339 e. The molecule has 1 aromatic rings. The molecule has 0 aliphatic carbocycles. The van der Waals surface area contributed by atoms with Crippen molar-refractivity contribution in [2.75, 3.05) is 38.1 Å². The Bertz CT molecular complexity index is 441. The molecule has 2 heterocycles. The highest BCUT2D eigenvalue weighted by molar-refractivity contribution is 5.92. The minimum atomic E-state index is -1.02. The van der Waals surface area contributed by atoms with E-state index in [9.17, 15) is 4.79 Å². The number of nitrogens with zero attached hydrogens (tertiary/aromatic N) is 3. The van der Waals surface area contributed by atoms with Crippen molar-refractivity contribution < 1.29 is 14.6 Å². The van der Waals surface area contributed by atoms with Crippen molar-refractivity contribution in [1.82, 2.24) is 15.1 Å². The molecular formula is C12H18N4O3. The molecule has 1 fully saturated rings. The second-order valence-electron chi connectivity index (χ2n) is 4.37.